The molecule has 0 bridgehead atoms. The number of hydrogen-bond acceptors (Lipinski definition) is 4. The van der Waals surface area contributed by atoms with E-state index in [1.807, 2.05) is 48.5 Å². The summed E-state index contributed by atoms with van der Waals surface area (Å²) in [6.45, 7) is 1.80. The molecule has 1 unspecified atom stereocenters. The van der Waals surface area contributed by atoms with E-state index < -0.39 is 0 Å². The van der Waals surface area contributed by atoms with Gasteiger partial charge >= 0.3 is 0 Å². The Morgan fingerprint density at radius 1 is 1.12 bits per heavy atom. The molecule has 26 heavy (non-hydrogen) atoms. The lowest BCUT2D eigenvalue weighted by atomic mass is 10.2. The number of nitrogens with one attached hydrogen (secondary N) is 2. The molecule has 2 aromatic carbocycles. The van der Waals surface area contributed by atoms with Gasteiger partial charge in [0.15, 0.2) is 17.5 Å². The van der Waals surface area contributed by atoms with Gasteiger partial charge in [-0.25, -0.2) is 0 Å². The van der Waals surface area contributed by atoms with Crippen molar-refractivity contribution in [3.05, 3.63) is 54.1 Å². The third-order valence-corrected chi connectivity index (χ3v) is 3.91. The predicted molar refractivity (Wildman–Crippen MR) is 113 cm³/mol. The first-order valence-corrected chi connectivity index (χ1v) is 8.24. The Labute approximate surface area is 171 Å². The Morgan fingerprint density at radius 2 is 1.85 bits per heavy atom. The van der Waals surface area contributed by atoms with E-state index in [1.54, 1.807) is 14.2 Å². The molecule has 1 atom stereocenters. The zero-order valence-electron chi connectivity index (χ0n) is 14.9. The minimum absolute atomic E-state index is 0. The molecule has 1 heterocycles. The van der Waals surface area contributed by atoms with Crippen LogP contribution in [0, 0.1) is 0 Å². The number of halogens is 1. The maximum Gasteiger partial charge on any atom is 0.191 e. The molecular formula is C19H24IN3O3. The van der Waals surface area contributed by atoms with Crippen molar-refractivity contribution in [2.45, 2.75) is 12.6 Å². The van der Waals surface area contributed by atoms with Crippen LogP contribution >= 0.6 is 24.0 Å². The topological polar surface area (TPSA) is 64.1 Å². The molecular weight excluding hydrogens is 445 g/mol. The van der Waals surface area contributed by atoms with Gasteiger partial charge in [-0.1, -0.05) is 24.3 Å². The normalized spacial score (nSPS) is 15.6. The van der Waals surface area contributed by atoms with Crippen LogP contribution in [0.5, 0.6) is 17.2 Å². The first kappa shape index (κ1) is 20.2. The molecule has 0 radical (unpaired) electrons. The molecule has 0 amide bonds. The molecule has 0 aliphatic carbocycles. The van der Waals surface area contributed by atoms with Gasteiger partial charge in [0.2, 0.25) is 0 Å². The van der Waals surface area contributed by atoms with E-state index in [-0.39, 0.29) is 30.1 Å². The summed E-state index contributed by atoms with van der Waals surface area (Å²) in [6.07, 6.45) is -0.0607. The summed E-state index contributed by atoms with van der Waals surface area (Å²) < 4.78 is 16.8. The second-order valence-corrected chi connectivity index (χ2v) is 5.65. The minimum atomic E-state index is -0.0607. The summed E-state index contributed by atoms with van der Waals surface area (Å²) in [7, 11) is 3.41. The van der Waals surface area contributed by atoms with Crippen LogP contribution in [0.1, 0.15) is 5.56 Å². The predicted octanol–water partition coefficient (Wildman–Crippen LogP) is 2.82. The highest BCUT2D eigenvalue weighted by molar-refractivity contribution is 14.0. The van der Waals surface area contributed by atoms with Crippen LogP contribution in [0.3, 0.4) is 0 Å². The van der Waals surface area contributed by atoms with Gasteiger partial charge in [-0.15, -0.1) is 24.0 Å². The fourth-order valence-electron chi connectivity index (χ4n) is 2.52. The molecule has 1 aliphatic heterocycles. The molecule has 0 fully saturated rings. The lowest BCUT2D eigenvalue weighted by Gasteiger charge is -2.27. The van der Waals surface area contributed by atoms with Gasteiger partial charge in [0.05, 0.1) is 13.7 Å². The van der Waals surface area contributed by atoms with Crippen LogP contribution in [0.2, 0.25) is 0 Å². The summed E-state index contributed by atoms with van der Waals surface area (Å²) >= 11 is 0. The monoisotopic (exact) mass is 469 g/mol. The van der Waals surface area contributed by atoms with E-state index in [0.717, 1.165) is 28.8 Å². The second-order valence-electron chi connectivity index (χ2n) is 5.65. The van der Waals surface area contributed by atoms with Gasteiger partial charge < -0.3 is 24.8 Å². The number of nitrogens with zero attached hydrogens (tertiary/aromatic N) is 1. The van der Waals surface area contributed by atoms with Crippen LogP contribution in [-0.2, 0) is 6.54 Å². The van der Waals surface area contributed by atoms with Crippen molar-refractivity contribution >= 4 is 29.9 Å². The first-order valence-electron chi connectivity index (χ1n) is 8.24. The van der Waals surface area contributed by atoms with Gasteiger partial charge in [-0.05, 0) is 29.8 Å². The zero-order valence-corrected chi connectivity index (χ0v) is 17.2. The average Bonchev–Trinajstić information content (AvgIpc) is 2.68. The van der Waals surface area contributed by atoms with Crippen molar-refractivity contribution < 1.29 is 14.2 Å². The van der Waals surface area contributed by atoms with Gasteiger partial charge in [0, 0.05) is 13.6 Å². The van der Waals surface area contributed by atoms with E-state index in [4.69, 9.17) is 14.2 Å². The number of fused-ring (bicyclic) bond motifs is 1. The van der Waals surface area contributed by atoms with Crippen LogP contribution in [0.4, 0.5) is 0 Å². The molecule has 7 heteroatoms. The molecule has 0 saturated heterocycles. The highest BCUT2D eigenvalue weighted by atomic mass is 127. The fourth-order valence-corrected chi connectivity index (χ4v) is 2.52. The lowest BCUT2D eigenvalue weighted by Crippen LogP contribution is -2.45. The summed E-state index contributed by atoms with van der Waals surface area (Å²) in [4.78, 5) is 4.24. The quantitative estimate of drug-likeness (QED) is 0.401. The van der Waals surface area contributed by atoms with E-state index in [0.29, 0.717) is 19.7 Å². The standard InChI is InChI=1S/C19H23N3O3.HI/c1-20-19(21-11-14-7-9-15(23-2)10-8-14)22-12-16-13-24-17-5-3-4-6-18(17)25-16;/h3-10,16H,11-13H2,1-2H3,(H2,20,21,22);1H. The number of hydrogen-bond donors (Lipinski definition) is 2. The molecule has 2 aromatic rings. The fraction of sp³-hybridized carbons (Fsp3) is 0.316. The molecule has 0 spiro atoms. The van der Waals surface area contributed by atoms with Crippen molar-refractivity contribution in [3.63, 3.8) is 0 Å². The van der Waals surface area contributed by atoms with E-state index >= 15 is 0 Å². The largest absolute Gasteiger partial charge is 0.497 e. The Hall–Kier alpha value is -2.16. The van der Waals surface area contributed by atoms with Crippen LogP contribution in [0.15, 0.2) is 53.5 Å². The van der Waals surface area contributed by atoms with Crippen LogP contribution in [-0.4, -0.2) is 39.4 Å². The summed E-state index contributed by atoms with van der Waals surface area (Å²) in [6, 6.07) is 15.6. The zero-order chi connectivity index (χ0) is 17.5. The Balaban J connectivity index is 0.00000243. The molecule has 3 rings (SSSR count). The number of para-hydroxylation sites is 2. The van der Waals surface area contributed by atoms with Crippen molar-refractivity contribution in [2.24, 2.45) is 4.99 Å². The van der Waals surface area contributed by atoms with Crippen LogP contribution < -0.4 is 24.8 Å². The van der Waals surface area contributed by atoms with Crippen molar-refractivity contribution in [3.8, 4) is 17.2 Å². The van der Waals surface area contributed by atoms with Crippen LogP contribution in [0.25, 0.3) is 0 Å². The van der Waals surface area contributed by atoms with Gasteiger partial charge in [0.1, 0.15) is 18.5 Å². The van der Waals surface area contributed by atoms with Crippen molar-refractivity contribution in [2.75, 3.05) is 27.3 Å². The Bertz CT molecular complexity index is 722. The number of methoxy groups -OCH3 is 1. The smallest absolute Gasteiger partial charge is 0.191 e. The Kier molecular flexibility index (Phi) is 7.83. The van der Waals surface area contributed by atoms with Crippen molar-refractivity contribution in [1.29, 1.82) is 0 Å². The lowest BCUT2D eigenvalue weighted by molar-refractivity contribution is 0.0936. The number of benzene rings is 2. The van der Waals surface area contributed by atoms with E-state index in [2.05, 4.69) is 15.6 Å². The number of rotatable bonds is 5. The highest BCUT2D eigenvalue weighted by Crippen LogP contribution is 2.30. The number of guanidine groups is 1. The van der Waals surface area contributed by atoms with Gasteiger partial charge in [0.25, 0.3) is 0 Å². The number of ether oxygens (including phenoxy) is 3. The molecule has 2 N–H and O–H groups in total. The van der Waals surface area contributed by atoms with Crippen molar-refractivity contribution in [1.82, 2.24) is 10.6 Å². The molecule has 140 valence electrons. The SMILES string of the molecule is CN=C(NCc1ccc(OC)cc1)NCC1COc2ccccc2O1.I. The third kappa shape index (κ3) is 5.42. The second kappa shape index (κ2) is 10.1. The highest BCUT2D eigenvalue weighted by Gasteiger charge is 2.20. The summed E-state index contributed by atoms with van der Waals surface area (Å²) in [5.74, 6) is 3.14. The average molecular weight is 469 g/mol. The summed E-state index contributed by atoms with van der Waals surface area (Å²) in [5, 5.41) is 6.56. The number of aliphatic imine (C=N–C) groups is 1. The molecule has 6 nitrogen and oxygen atoms in total. The molecule has 1 aliphatic rings. The van der Waals surface area contributed by atoms with E-state index in [9.17, 15) is 0 Å². The Morgan fingerprint density at radius 3 is 2.54 bits per heavy atom. The maximum absolute atomic E-state index is 5.93. The molecule has 0 aromatic heterocycles. The minimum Gasteiger partial charge on any atom is -0.497 e. The summed E-state index contributed by atoms with van der Waals surface area (Å²) in [5.41, 5.74) is 1.15. The first-order chi connectivity index (χ1) is 12.3. The molecule has 0 saturated carbocycles. The third-order valence-electron chi connectivity index (χ3n) is 3.91. The van der Waals surface area contributed by atoms with Gasteiger partial charge in [-0.3, -0.25) is 4.99 Å². The van der Waals surface area contributed by atoms with Gasteiger partial charge in [-0.2, -0.15) is 0 Å². The van der Waals surface area contributed by atoms with E-state index in [1.165, 1.54) is 0 Å². The maximum atomic E-state index is 5.93.